The first-order chi connectivity index (χ1) is 10.1. The van der Waals surface area contributed by atoms with Crippen LogP contribution < -0.4 is 4.74 Å². The van der Waals surface area contributed by atoms with Crippen LogP contribution in [0.5, 0.6) is 5.75 Å². The van der Waals surface area contributed by atoms with E-state index in [1.807, 2.05) is 24.3 Å². The lowest BCUT2D eigenvalue weighted by atomic mass is 10.0. The number of ether oxygens (including phenoxy) is 2. The summed E-state index contributed by atoms with van der Waals surface area (Å²) in [7, 11) is 0. The summed E-state index contributed by atoms with van der Waals surface area (Å²) in [4.78, 5) is 11.7. The van der Waals surface area contributed by atoms with Crippen molar-refractivity contribution in [3.63, 3.8) is 0 Å². The van der Waals surface area contributed by atoms with Gasteiger partial charge in [-0.3, -0.25) is 0 Å². The third kappa shape index (κ3) is 6.65. The van der Waals surface area contributed by atoms with Crippen molar-refractivity contribution in [2.45, 2.75) is 59.3 Å². The second-order valence-electron chi connectivity index (χ2n) is 5.80. The van der Waals surface area contributed by atoms with Gasteiger partial charge in [0.05, 0.1) is 6.61 Å². The number of hydrogen-bond donors (Lipinski definition) is 0. The molecule has 0 amide bonds. The molecular weight excluding hydrogens is 264 g/mol. The van der Waals surface area contributed by atoms with E-state index in [0.29, 0.717) is 24.2 Å². The van der Waals surface area contributed by atoms with Crippen molar-refractivity contribution in [2.24, 2.45) is 5.92 Å². The zero-order valence-electron chi connectivity index (χ0n) is 13.7. The molecule has 0 N–H and O–H groups in total. The number of unbranched alkanes of at least 4 members (excludes halogenated alkanes) is 1. The standard InChI is InChI=1S/C18H28O3/c1-5-7-8-15(6-2)13-20-18(19)21-17-11-9-16(10-12-17)14(3)4/h9-12,14-15H,5-8,13H2,1-4H3. The predicted octanol–water partition coefficient (Wildman–Crippen LogP) is 5.54. The molecule has 0 radical (unpaired) electrons. The fourth-order valence-corrected chi connectivity index (χ4v) is 2.13. The maximum atomic E-state index is 11.7. The van der Waals surface area contributed by atoms with Gasteiger partial charge in [0.25, 0.3) is 0 Å². The molecular formula is C18H28O3. The van der Waals surface area contributed by atoms with Crippen LogP contribution in [-0.4, -0.2) is 12.8 Å². The predicted molar refractivity (Wildman–Crippen MR) is 85.8 cm³/mol. The van der Waals surface area contributed by atoms with Crippen LogP contribution in [0.15, 0.2) is 24.3 Å². The normalized spacial score (nSPS) is 12.2. The second-order valence-corrected chi connectivity index (χ2v) is 5.80. The van der Waals surface area contributed by atoms with E-state index in [-0.39, 0.29) is 0 Å². The Balaban J connectivity index is 2.39. The van der Waals surface area contributed by atoms with Crippen molar-refractivity contribution in [3.8, 4) is 5.75 Å². The van der Waals surface area contributed by atoms with Crippen molar-refractivity contribution in [2.75, 3.05) is 6.61 Å². The highest BCUT2D eigenvalue weighted by atomic mass is 16.7. The number of benzene rings is 1. The maximum absolute atomic E-state index is 11.7. The average molecular weight is 292 g/mol. The first-order valence-corrected chi connectivity index (χ1v) is 8.01. The summed E-state index contributed by atoms with van der Waals surface area (Å²) in [6, 6.07) is 7.57. The Morgan fingerprint density at radius 1 is 1.14 bits per heavy atom. The van der Waals surface area contributed by atoms with Crippen molar-refractivity contribution < 1.29 is 14.3 Å². The highest BCUT2D eigenvalue weighted by Gasteiger charge is 2.11. The monoisotopic (exact) mass is 292 g/mol. The molecule has 21 heavy (non-hydrogen) atoms. The third-order valence-corrected chi connectivity index (χ3v) is 3.73. The Hall–Kier alpha value is -1.51. The van der Waals surface area contributed by atoms with Crippen LogP contribution in [0.4, 0.5) is 4.79 Å². The van der Waals surface area contributed by atoms with Crippen LogP contribution in [0.2, 0.25) is 0 Å². The average Bonchev–Trinajstić information content (AvgIpc) is 2.48. The molecule has 1 aromatic carbocycles. The second kappa shape index (κ2) is 9.43. The van der Waals surface area contributed by atoms with Crippen LogP contribution >= 0.6 is 0 Å². The lowest BCUT2D eigenvalue weighted by Gasteiger charge is -2.14. The van der Waals surface area contributed by atoms with E-state index in [9.17, 15) is 4.79 Å². The van der Waals surface area contributed by atoms with Crippen LogP contribution in [0.3, 0.4) is 0 Å². The van der Waals surface area contributed by atoms with Crippen molar-refractivity contribution in [1.82, 2.24) is 0 Å². The Bertz CT molecular complexity index is 409. The molecule has 0 aliphatic rings. The quantitative estimate of drug-likeness (QED) is 0.466. The Morgan fingerprint density at radius 2 is 1.81 bits per heavy atom. The topological polar surface area (TPSA) is 35.5 Å². The first-order valence-electron chi connectivity index (χ1n) is 8.01. The minimum Gasteiger partial charge on any atom is -0.434 e. The van der Waals surface area contributed by atoms with Gasteiger partial charge in [0.1, 0.15) is 5.75 Å². The number of carbonyl (C=O) groups is 1. The van der Waals surface area contributed by atoms with E-state index in [2.05, 4.69) is 27.7 Å². The van der Waals surface area contributed by atoms with Gasteiger partial charge in [-0.05, 0) is 36.0 Å². The lowest BCUT2D eigenvalue weighted by Crippen LogP contribution is -2.16. The molecule has 118 valence electrons. The van der Waals surface area contributed by atoms with Gasteiger partial charge in [-0.1, -0.05) is 59.1 Å². The zero-order chi connectivity index (χ0) is 15.7. The summed E-state index contributed by atoms with van der Waals surface area (Å²) in [5.41, 5.74) is 1.22. The largest absolute Gasteiger partial charge is 0.513 e. The highest BCUT2D eigenvalue weighted by Crippen LogP contribution is 2.19. The van der Waals surface area contributed by atoms with Crippen LogP contribution in [0.25, 0.3) is 0 Å². The SMILES string of the molecule is CCCCC(CC)COC(=O)Oc1ccc(C(C)C)cc1. The van der Waals surface area contributed by atoms with Gasteiger partial charge in [0.15, 0.2) is 0 Å². The summed E-state index contributed by atoms with van der Waals surface area (Å²) in [6.45, 7) is 9.00. The smallest absolute Gasteiger partial charge is 0.434 e. The zero-order valence-corrected chi connectivity index (χ0v) is 13.7. The highest BCUT2D eigenvalue weighted by molar-refractivity contribution is 5.63. The van der Waals surface area contributed by atoms with E-state index >= 15 is 0 Å². The number of hydrogen-bond acceptors (Lipinski definition) is 3. The molecule has 0 aromatic heterocycles. The molecule has 0 aliphatic carbocycles. The fraction of sp³-hybridized carbons (Fsp3) is 0.611. The Kier molecular flexibility index (Phi) is 7.88. The maximum Gasteiger partial charge on any atom is 0.513 e. The molecule has 1 rings (SSSR count). The molecule has 0 spiro atoms. The van der Waals surface area contributed by atoms with Crippen LogP contribution in [0.1, 0.15) is 64.9 Å². The van der Waals surface area contributed by atoms with E-state index < -0.39 is 6.16 Å². The minimum atomic E-state index is -0.609. The Morgan fingerprint density at radius 3 is 2.33 bits per heavy atom. The van der Waals surface area contributed by atoms with E-state index in [4.69, 9.17) is 9.47 Å². The van der Waals surface area contributed by atoms with Crippen LogP contribution in [0, 0.1) is 5.92 Å². The Labute approximate surface area is 128 Å². The van der Waals surface area contributed by atoms with Gasteiger partial charge < -0.3 is 9.47 Å². The van der Waals surface area contributed by atoms with Crippen LogP contribution in [-0.2, 0) is 4.74 Å². The first kappa shape index (κ1) is 17.5. The molecule has 1 aromatic rings. The van der Waals surface area contributed by atoms with Gasteiger partial charge in [-0.15, -0.1) is 0 Å². The molecule has 3 nitrogen and oxygen atoms in total. The molecule has 0 aliphatic heterocycles. The van der Waals surface area contributed by atoms with Gasteiger partial charge >= 0.3 is 6.16 Å². The molecule has 0 bridgehead atoms. The summed E-state index contributed by atoms with van der Waals surface area (Å²) in [6.07, 6.45) is 3.86. The van der Waals surface area contributed by atoms with Crippen molar-refractivity contribution in [3.05, 3.63) is 29.8 Å². The molecule has 0 fully saturated rings. The summed E-state index contributed by atoms with van der Waals surface area (Å²) in [5.74, 6) is 1.43. The van der Waals surface area contributed by atoms with E-state index in [1.54, 1.807) is 0 Å². The van der Waals surface area contributed by atoms with Gasteiger partial charge in [0.2, 0.25) is 0 Å². The lowest BCUT2D eigenvalue weighted by molar-refractivity contribution is 0.0812. The van der Waals surface area contributed by atoms with Gasteiger partial charge in [-0.25, -0.2) is 4.79 Å². The molecule has 1 unspecified atom stereocenters. The van der Waals surface area contributed by atoms with E-state index in [1.165, 1.54) is 18.4 Å². The molecule has 0 heterocycles. The van der Waals surface area contributed by atoms with Gasteiger partial charge in [-0.2, -0.15) is 0 Å². The third-order valence-electron chi connectivity index (χ3n) is 3.73. The number of rotatable bonds is 8. The van der Waals surface area contributed by atoms with Crippen molar-refractivity contribution in [1.29, 1.82) is 0 Å². The summed E-state index contributed by atoms with van der Waals surface area (Å²) < 4.78 is 10.4. The van der Waals surface area contributed by atoms with E-state index in [0.717, 1.165) is 12.8 Å². The molecule has 0 saturated heterocycles. The van der Waals surface area contributed by atoms with Crippen molar-refractivity contribution >= 4 is 6.16 Å². The summed E-state index contributed by atoms with van der Waals surface area (Å²) >= 11 is 0. The molecule has 0 saturated carbocycles. The molecule has 3 heteroatoms. The number of carbonyl (C=O) groups excluding carboxylic acids is 1. The summed E-state index contributed by atoms with van der Waals surface area (Å²) in [5, 5.41) is 0. The molecule has 1 atom stereocenters. The van der Waals surface area contributed by atoms with Gasteiger partial charge in [0, 0.05) is 0 Å². The minimum absolute atomic E-state index is 0.431. The fourth-order valence-electron chi connectivity index (χ4n) is 2.13.